The van der Waals surface area contributed by atoms with Gasteiger partial charge in [0.2, 0.25) is 11.6 Å². The Morgan fingerprint density at radius 3 is 2.43 bits per heavy atom. The van der Waals surface area contributed by atoms with E-state index in [1.165, 1.54) is 0 Å². The summed E-state index contributed by atoms with van der Waals surface area (Å²) in [6, 6.07) is 7.05. The molecule has 3 rings (SSSR count). The van der Waals surface area contributed by atoms with Crippen LogP contribution in [0.2, 0.25) is 0 Å². The van der Waals surface area contributed by atoms with Crippen molar-refractivity contribution in [2.45, 2.75) is 51.4 Å². The Morgan fingerprint density at radius 2 is 1.87 bits per heavy atom. The summed E-state index contributed by atoms with van der Waals surface area (Å²) in [4.78, 5) is 42.4. The van der Waals surface area contributed by atoms with Crippen molar-refractivity contribution >= 4 is 23.5 Å². The summed E-state index contributed by atoms with van der Waals surface area (Å²) in [6.07, 6.45) is 1.36. The fraction of sp³-hybridized carbons (Fsp3) is 0.524. The molecular weight excluding hydrogens is 390 g/mol. The Hall–Kier alpha value is -2.94. The van der Waals surface area contributed by atoms with Crippen LogP contribution in [0.1, 0.15) is 55.5 Å². The molecule has 1 aromatic rings. The first kappa shape index (κ1) is 21.8. The standard InChI is InChI=1S/C21H27N3O6/c1-21(2)22-20(23-30-21)15-5-3-14(4-6-15)17(25)7-8-18(26)24-11-9-16(10-12-24)29-13-19(27)28/h3-6,16H,7-13H2,1-2H3,(H,22,23)(H,27,28). The van der Waals surface area contributed by atoms with Gasteiger partial charge in [0.1, 0.15) is 6.61 Å². The van der Waals surface area contributed by atoms with Gasteiger partial charge < -0.3 is 24.9 Å². The van der Waals surface area contributed by atoms with E-state index in [0.29, 0.717) is 37.3 Å². The van der Waals surface area contributed by atoms with Gasteiger partial charge in [0, 0.05) is 37.1 Å². The van der Waals surface area contributed by atoms with Crippen LogP contribution in [0.5, 0.6) is 0 Å². The van der Waals surface area contributed by atoms with E-state index >= 15 is 0 Å². The lowest BCUT2D eigenvalue weighted by Gasteiger charge is -2.31. The van der Waals surface area contributed by atoms with Crippen molar-refractivity contribution in [2.24, 2.45) is 5.16 Å². The van der Waals surface area contributed by atoms with Crippen LogP contribution in [-0.2, 0) is 19.2 Å². The molecule has 2 aliphatic rings. The van der Waals surface area contributed by atoms with Gasteiger partial charge in [-0.2, -0.15) is 0 Å². The van der Waals surface area contributed by atoms with Gasteiger partial charge in [0.05, 0.1) is 6.10 Å². The smallest absolute Gasteiger partial charge is 0.329 e. The minimum Gasteiger partial charge on any atom is -0.480 e. The number of carbonyl (C=O) groups excluding carboxylic acids is 2. The summed E-state index contributed by atoms with van der Waals surface area (Å²) in [7, 11) is 0. The number of Topliss-reactive ketones (excluding diaryl/α,β-unsaturated/α-hetero) is 1. The molecule has 0 atom stereocenters. The third-order valence-electron chi connectivity index (χ3n) is 5.07. The Bertz CT molecular complexity index is 826. The highest BCUT2D eigenvalue weighted by atomic mass is 16.7. The zero-order valence-corrected chi connectivity index (χ0v) is 17.2. The molecule has 0 aliphatic carbocycles. The molecule has 1 amide bonds. The number of nitrogens with one attached hydrogen (secondary N) is 1. The van der Waals surface area contributed by atoms with Crippen molar-refractivity contribution in [2.75, 3.05) is 19.7 Å². The fourth-order valence-corrected chi connectivity index (χ4v) is 3.41. The Kier molecular flexibility index (Phi) is 6.71. The average molecular weight is 417 g/mol. The maximum atomic E-state index is 12.5. The van der Waals surface area contributed by atoms with Crippen molar-refractivity contribution in [3.63, 3.8) is 0 Å². The van der Waals surface area contributed by atoms with E-state index in [4.69, 9.17) is 14.7 Å². The van der Waals surface area contributed by atoms with Crippen molar-refractivity contribution in [1.82, 2.24) is 10.2 Å². The van der Waals surface area contributed by atoms with Gasteiger partial charge in [-0.05, 0) is 26.7 Å². The molecule has 0 spiro atoms. The minimum atomic E-state index is -0.996. The molecule has 2 N–H and O–H groups in total. The topological polar surface area (TPSA) is 118 Å². The number of amidine groups is 1. The minimum absolute atomic E-state index is 0.0689. The molecular formula is C21H27N3O6. The summed E-state index contributed by atoms with van der Waals surface area (Å²) in [5.74, 6) is -0.539. The number of carbonyl (C=O) groups is 3. The SMILES string of the molecule is CC1(C)NC(c2ccc(C(=O)CCC(=O)N3CCC(OCC(=O)O)CC3)cc2)=NO1. The first-order valence-electron chi connectivity index (χ1n) is 10.0. The maximum Gasteiger partial charge on any atom is 0.329 e. The van der Waals surface area contributed by atoms with Crippen molar-refractivity contribution in [3.05, 3.63) is 35.4 Å². The molecule has 1 aromatic carbocycles. The third kappa shape index (κ3) is 5.79. The number of rotatable bonds is 8. The van der Waals surface area contributed by atoms with Crippen LogP contribution < -0.4 is 5.32 Å². The zero-order chi connectivity index (χ0) is 21.7. The lowest BCUT2D eigenvalue weighted by molar-refractivity contribution is -0.146. The van der Waals surface area contributed by atoms with Gasteiger partial charge in [-0.15, -0.1) is 0 Å². The summed E-state index contributed by atoms with van der Waals surface area (Å²) in [5, 5.41) is 15.8. The van der Waals surface area contributed by atoms with Crippen LogP contribution in [0.4, 0.5) is 0 Å². The largest absolute Gasteiger partial charge is 0.480 e. The maximum absolute atomic E-state index is 12.5. The molecule has 9 heteroatoms. The van der Waals surface area contributed by atoms with Crippen LogP contribution in [-0.4, -0.2) is 65.0 Å². The highest BCUT2D eigenvalue weighted by Gasteiger charge is 2.28. The normalized spacial score (nSPS) is 18.3. The highest BCUT2D eigenvalue weighted by molar-refractivity contribution is 6.02. The third-order valence-corrected chi connectivity index (χ3v) is 5.07. The van der Waals surface area contributed by atoms with Crippen LogP contribution in [0.3, 0.4) is 0 Å². The number of carboxylic acids is 1. The second-order valence-electron chi connectivity index (χ2n) is 7.95. The van der Waals surface area contributed by atoms with Crippen LogP contribution in [0.25, 0.3) is 0 Å². The van der Waals surface area contributed by atoms with E-state index in [1.54, 1.807) is 29.2 Å². The van der Waals surface area contributed by atoms with Crippen molar-refractivity contribution in [1.29, 1.82) is 0 Å². The van der Waals surface area contributed by atoms with Crippen LogP contribution in [0.15, 0.2) is 29.4 Å². The zero-order valence-electron chi connectivity index (χ0n) is 17.2. The van der Waals surface area contributed by atoms with Crippen molar-refractivity contribution in [3.8, 4) is 0 Å². The van der Waals surface area contributed by atoms with E-state index < -0.39 is 11.7 Å². The number of nitrogens with zero attached hydrogens (tertiary/aromatic N) is 2. The Morgan fingerprint density at radius 1 is 1.20 bits per heavy atom. The lowest BCUT2D eigenvalue weighted by Crippen LogP contribution is -2.41. The Balaban J connectivity index is 1.43. The van der Waals surface area contributed by atoms with Gasteiger partial charge in [-0.3, -0.25) is 9.59 Å². The van der Waals surface area contributed by atoms with Crippen LogP contribution in [0, 0.1) is 0 Å². The second-order valence-corrected chi connectivity index (χ2v) is 7.95. The van der Waals surface area contributed by atoms with Gasteiger partial charge in [0.15, 0.2) is 11.6 Å². The number of aliphatic carboxylic acids is 1. The summed E-state index contributed by atoms with van der Waals surface area (Å²) in [5.41, 5.74) is 0.813. The van der Waals surface area contributed by atoms with E-state index in [9.17, 15) is 14.4 Å². The van der Waals surface area contributed by atoms with Gasteiger partial charge in [0.25, 0.3) is 0 Å². The molecule has 162 valence electrons. The molecule has 30 heavy (non-hydrogen) atoms. The molecule has 0 saturated carbocycles. The summed E-state index contributed by atoms with van der Waals surface area (Å²) < 4.78 is 5.27. The van der Waals surface area contributed by atoms with Crippen LogP contribution >= 0.6 is 0 Å². The Labute approximate surface area is 175 Å². The molecule has 0 radical (unpaired) electrons. The average Bonchev–Trinajstić information content (AvgIpc) is 3.10. The number of ketones is 1. The lowest BCUT2D eigenvalue weighted by atomic mass is 10.0. The number of ether oxygens (including phenoxy) is 1. The van der Waals surface area contributed by atoms with E-state index in [1.807, 2.05) is 13.8 Å². The number of hydrogen-bond acceptors (Lipinski definition) is 7. The van der Waals surface area contributed by atoms with Gasteiger partial charge in [-0.1, -0.05) is 29.4 Å². The molecule has 1 saturated heterocycles. The van der Waals surface area contributed by atoms with Crippen molar-refractivity contribution < 1.29 is 29.1 Å². The van der Waals surface area contributed by atoms with Gasteiger partial charge >= 0.3 is 5.97 Å². The fourth-order valence-electron chi connectivity index (χ4n) is 3.41. The molecule has 0 bridgehead atoms. The highest BCUT2D eigenvalue weighted by Crippen LogP contribution is 2.18. The molecule has 0 aromatic heterocycles. The molecule has 9 nitrogen and oxygen atoms in total. The molecule has 1 fully saturated rings. The predicted molar refractivity (Wildman–Crippen MR) is 108 cm³/mol. The predicted octanol–water partition coefficient (Wildman–Crippen LogP) is 1.76. The second kappa shape index (κ2) is 9.25. The molecule has 2 aliphatic heterocycles. The number of hydrogen-bond donors (Lipinski definition) is 2. The van der Waals surface area contributed by atoms with E-state index in [2.05, 4.69) is 10.5 Å². The monoisotopic (exact) mass is 417 g/mol. The number of amides is 1. The van der Waals surface area contributed by atoms with E-state index in [0.717, 1.165) is 5.56 Å². The number of likely N-dealkylation sites (tertiary alicyclic amines) is 1. The molecule has 2 heterocycles. The number of oxime groups is 1. The number of carboxylic acid groups (broad SMARTS) is 1. The number of piperidine rings is 1. The first-order chi connectivity index (χ1) is 14.2. The van der Waals surface area contributed by atoms with Gasteiger partial charge in [-0.25, -0.2) is 4.79 Å². The van der Waals surface area contributed by atoms with E-state index in [-0.39, 0.29) is 37.2 Å². The quantitative estimate of drug-likeness (QED) is 0.619. The molecule has 0 unspecified atom stereocenters. The summed E-state index contributed by atoms with van der Waals surface area (Å²) in [6.45, 7) is 4.44. The first-order valence-corrected chi connectivity index (χ1v) is 10.0. The number of benzene rings is 1. The summed E-state index contributed by atoms with van der Waals surface area (Å²) >= 11 is 0.